The molecule has 1 amide bonds. The van der Waals surface area contributed by atoms with Crippen LogP contribution in [0.25, 0.3) is 5.69 Å². The van der Waals surface area contributed by atoms with Crippen molar-refractivity contribution >= 4 is 29.2 Å². The number of ether oxygens (including phenoxy) is 1. The molecule has 0 bridgehead atoms. The van der Waals surface area contributed by atoms with Crippen molar-refractivity contribution in [2.24, 2.45) is 5.92 Å². The van der Waals surface area contributed by atoms with Crippen molar-refractivity contribution in [1.29, 1.82) is 0 Å². The number of para-hydroxylation sites is 1. The molecule has 0 spiro atoms. The molecule has 8 nitrogen and oxygen atoms in total. The second kappa shape index (κ2) is 9.09. The van der Waals surface area contributed by atoms with Gasteiger partial charge in [0.15, 0.2) is 0 Å². The minimum Gasteiger partial charge on any atom is -0.465 e. The van der Waals surface area contributed by atoms with Gasteiger partial charge in [-0.15, -0.1) is 0 Å². The first-order valence-electron chi connectivity index (χ1n) is 9.37. The Kier molecular flexibility index (Phi) is 6.53. The number of anilines is 1. The highest BCUT2D eigenvalue weighted by atomic mass is 35.5. The molecule has 1 N–H and O–H groups in total. The molecule has 2 aromatic rings. The van der Waals surface area contributed by atoms with Crippen molar-refractivity contribution in [2.45, 2.75) is 19.8 Å². The summed E-state index contributed by atoms with van der Waals surface area (Å²) < 4.78 is 5.90. The number of rotatable bonds is 5. The monoisotopic (exact) mass is 418 g/mol. The van der Waals surface area contributed by atoms with E-state index in [0.717, 1.165) is 17.5 Å². The van der Waals surface area contributed by atoms with Gasteiger partial charge in [0.1, 0.15) is 5.02 Å². The average molecular weight is 419 g/mol. The number of carbonyl (C=O) groups excluding carboxylic acids is 2. The quantitative estimate of drug-likeness (QED) is 0.747. The van der Waals surface area contributed by atoms with Crippen molar-refractivity contribution in [3.63, 3.8) is 0 Å². The van der Waals surface area contributed by atoms with Crippen molar-refractivity contribution in [3.8, 4) is 5.69 Å². The van der Waals surface area contributed by atoms with Crippen molar-refractivity contribution in [2.75, 3.05) is 31.6 Å². The van der Waals surface area contributed by atoms with E-state index in [1.54, 1.807) is 30.5 Å². The number of amides is 1. The highest BCUT2D eigenvalue weighted by Crippen LogP contribution is 2.27. The Morgan fingerprint density at radius 2 is 1.93 bits per heavy atom. The lowest BCUT2D eigenvalue weighted by Gasteiger charge is -2.33. The molecule has 0 aliphatic carbocycles. The smallest absolute Gasteiger partial charge is 0.340 e. The van der Waals surface area contributed by atoms with E-state index < -0.39 is 11.5 Å². The van der Waals surface area contributed by atoms with E-state index in [9.17, 15) is 14.4 Å². The first kappa shape index (κ1) is 20.9. The van der Waals surface area contributed by atoms with Crippen LogP contribution in [0.5, 0.6) is 0 Å². The van der Waals surface area contributed by atoms with Crippen LogP contribution in [0, 0.1) is 5.92 Å². The zero-order chi connectivity index (χ0) is 21.0. The van der Waals surface area contributed by atoms with Gasteiger partial charge in [0, 0.05) is 26.6 Å². The van der Waals surface area contributed by atoms with Gasteiger partial charge < -0.3 is 15.0 Å². The van der Waals surface area contributed by atoms with Crippen LogP contribution in [0.15, 0.2) is 35.3 Å². The Morgan fingerprint density at radius 1 is 1.24 bits per heavy atom. The topological polar surface area (TPSA) is 93.5 Å². The number of halogens is 1. The number of benzene rings is 1. The summed E-state index contributed by atoms with van der Waals surface area (Å²) in [6.45, 7) is 3.59. The molecule has 2 heterocycles. The van der Waals surface area contributed by atoms with Crippen LogP contribution in [0.2, 0.25) is 5.02 Å². The number of carbonyl (C=O) groups is 2. The molecular formula is C20H23ClN4O4. The number of piperidine rings is 1. The minimum absolute atomic E-state index is 0.0319. The summed E-state index contributed by atoms with van der Waals surface area (Å²) in [4.78, 5) is 38.0. The molecule has 1 saturated heterocycles. The molecule has 0 atom stereocenters. The maximum Gasteiger partial charge on any atom is 0.340 e. The number of methoxy groups -OCH3 is 1. The number of nitrogens with one attached hydrogen (secondary N) is 1. The highest BCUT2D eigenvalue weighted by molar-refractivity contribution is 6.33. The summed E-state index contributed by atoms with van der Waals surface area (Å²) in [5.74, 6) is -0.194. The Morgan fingerprint density at radius 3 is 2.59 bits per heavy atom. The van der Waals surface area contributed by atoms with Crippen molar-refractivity contribution in [1.82, 2.24) is 15.1 Å². The van der Waals surface area contributed by atoms with Gasteiger partial charge in [-0.1, -0.05) is 23.7 Å². The fourth-order valence-electron chi connectivity index (χ4n) is 3.42. The molecule has 1 aliphatic rings. The number of hydrogen-bond donors (Lipinski definition) is 1. The Bertz CT molecular complexity index is 967. The van der Waals surface area contributed by atoms with Crippen LogP contribution in [0.1, 0.15) is 30.1 Å². The number of esters is 1. The minimum atomic E-state index is -0.559. The van der Waals surface area contributed by atoms with Gasteiger partial charge >= 0.3 is 5.97 Å². The predicted octanol–water partition coefficient (Wildman–Crippen LogP) is 2.03. The molecular weight excluding hydrogens is 396 g/mol. The first-order chi connectivity index (χ1) is 13.9. The van der Waals surface area contributed by atoms with Gasteiger partial charge in [0.25, 0.3) is 5.56 Å². The molecule has 29 heavy (non-hydrogen) atoms. The third-order valence-corrected chi connectivity index (χ3v) is 5.39. The molecule has 1 aliphatic heterocycles. The van der Waals surface area contributed by atoms with Gasteiger partial charge in [-0.3, -0.25) is 9.59 Å². The van der Waals surface area contributed by atoms with Gasteiger partial charge in [0.05, 0.1) is 30.2 Å². The Hall–Kier alpha value is -2.87. The number of hydrogen-bond acceptors (Lipinski definition) is 6. The Labute approximate surface area is 173 Å². The second-order valence-corrected chi connectivity index (χ2v) is 7.31. The molecule has 0 saturated carbocycles. The molecule has 154 valence electrons. The lowest BCUT2D eigenvalue weighted by atomic mass is 9.96. The normalized spacial score (nSPS) is 14.5. The lowest BCUT2D eigenvalue weighted by Crippen LogP contribution is -2.39. The van der Waals surface area contributed by atoms with Gasteiger partial charge in [0.2, 0.25) is 5.91 Å². The molecule has 3 rings (SSSR count). The fraction of sp³-hybridized carbons (Fsp3) is 0.400. The summed E-state index contributed by atoms with van der Waals surface area (Å²) in [7, 11) is 1.28. The fourth-order valence-corrected chi connectivity index (χ4v) is 3.67. The summed E-state index contributed by atoms with van der Waals surface area (Å²) in [5, 5.41) is 7.16. The zero-order valence-electron chi connectivity index (χ0n) is 16.4. The second-order valence-electron chi connectivity index (χ2n) is 6.94. The van der Waals surface area contributed by atoms with Gasteiger partial charge in [-0.2, -0.15) is 9.78 Å². The standard InChI is InChI=1S/C20H23ClN4O4/c1-13(26)22-11-14-7-9-24(10-8-14)17-12-23-25(19(27)18(17)21)16-6-4-3-5-15(16)20(28)29-2/h3-6,12,14H,7-11H2,1-2H3,(H,22,26). The summed E-state index contributed by atoms with van der Waals surface area (Å²) in [6.07, 6.45) is 3.31. The van der Waals surface area contributed by atoms with E-state index in [-0.39, 0.29) is 16.5 Å². The average Bonchev–Trinajstić information content (AvgIpc) is 2.74. The van der Waals surface area contributed by atoms with E-state index >= 15 is 0 Å². The van der Waals surface area contributed by atoms with E-state index in [4.69, 9.17) is 16.3 Å². The van der Waals surface area contributed by atoms with Crippen molar-refractivity contribution in [3.05, 3.63) is 51.4 Å². The number of aromatic nitrogens is 2. The predicted molar refractivity (Wildman–Crippen MR) is 110 cm³/mol. The maximum atomic E-state index is 12.9. The van der Waals surface area contributed by atoms with Crippen LogP contribution in [0.3, 0.4) is 0 Å². The lowest BCUT2D eigenvalue weighted by molar-refractivity contribution is -0.119. The van der Waals surface area contributed by atoms with Gasteiger partial charge in [-0.05, 0) is 30.9 Å². The molecule has 0 unspecified atom stereocenters. The third-order valence-electron chi connectivity index (χ3n) is 5.03. The summed E-state index contributed by atoms with van der Waals surface area (Å²) in [6, 6.07) is 6.57. The van der Waals surface area contributed by atoms with Crippen LogP contribution in [0.4, 0.5) is 5.69 Å². The molecule has 1 aromatic carbocycles. The first-order valence-corrected chi connectivity index (χ1v) is 9.75. The molecule has 1 aromatic heterocycles. The van der Waals surface area contributed by atoms with Crippen molar-refractivity contribution < 1.29 is 14.3 Å². The Balaban J connectivity index is 1.82. The van der Waals surface area contributed by atoms with E-state index in [1.807, 2.05) is 4.90 Å². The van der Waals surface area contributed by atoms with Crippen LogP contribution in [-0.2, 0) is 9.53 Å². The number of nitrogens with zero attached hydrogens (tertiary/aromatic N) is 3. The highest BCUT2D eigenvalue weighted by Gasteiger charge is 2.24. The maximum absolute atomic E-state index is 12.9. The molecule has 1 fully saturated rings. The molecule has 0 radical (unpaired) electrons. The largest absolute Gasteiger partial charge is 0.465 e. The van der Waals surface area contributed by atoms with Crippen LogP contribution >= 0.6 is 11.6 Å². The van der Waals surface area contributed by atoms with Crippen LogP contribution in [-0.4, -0.2) is 48.4 Å². The third kappa shape index (κ3) is 4.59. The summed E-state index contributed by atoms with van der Waals surface area (Å²) >= 11 is 6.40. The van der Waals surface area contributed by atoms with E-state index in [2.05, 4.69) is 10.4 Å². The van der Waals surface area contributed by atoms with Gasteiger partial charge in [-0.25, -0.2) is 4.79 Å². The summed E-state index contributed by atoms with van der Waals surface area (Å²) in [5.41, 5.74) is 0.612. The SMILES string of the molecule is COC(=O)c1ccccc1-n1ncc(N2CCC(CNC(C)=O)CC2)c(Cl)c1=O. The molecule has 9 heteroatoms. The zero-order valence-corrected chi connectivity index (χ0v) is 17.1. The van der Waals surface area contributed by atoms with E-state index in [1.165, 1.54) is 14.0 Å². The van der Waals surface area contributed by atoms with Crippen LogP contribution < -0.4 is 15.8 Å². The van der Waals surface area contributed by atoms with E-state index in [0.29, 0.717) is 36.9 Å².